The number of anilines is 1. The molecule has 2 aromatic rings. The highest BCUT2D eigenvalue weighted by Crippen LogP contribution is 2.22. The molecule has 9 nitrogen and oxygen atoms in total. The molecule has 10 heteroatoms. The molecule has 0 fully saturated rings. The molecule has 0 radical (unpaired) electrons. The quantitative estimate of drug-likeness (QED) is 0.385. The Bertz CT molecular complexity index is 944. The first-order chi connectivity index (χ1) is 13.2. The van der Waals surface area contributed by atoms with Gasteiger partial charge in [0.1, 0.15) is 18.9 Å². The number of hydrogen-bond acceptors (Lipinski definition) is 6. The Balaban J connectivity index is 1.95. The van der Waals surface area contributed by atoms with Crippen molar-refractivity contribution in [3.05, 3.63) is 64.2 Å². The molecular weight excluding hydrogens is 386 g/mol. The molecule has 2 aromatic carbocycles. The fraction of sp³-hybridized carbons (Fsp3) is 0.278. The Kier molecular flexibility index (Phi) is 6.94. The van der Waals surface area contributed by atoms with E-state index >= 15 is 0 Å². The van der Waals surface area contributed by atoms with Crippen LogP contribution in [-0.4, -0.2) is 45.2 Å². The van der Waals surface area contributed by atoms with Crippen LogP contribution in [-0.2, 0) is 14.8 Å². The van der Waals surface area contributed by atoms with Crippen molar-refractivity contribution in [2.45, 2.75) is 6.92 Å². The predicted molar refractivity (Wildman–Crippen MR) is 105 cm³/mol. The summed E-state index contributed by atoms with van der Waals surface area (Å²) in [7, 11) is -3.81. The van der Waals surface area contributed by atoms with E-state index in [-0.39, 0.29) is 24.5 Å². The molecule has 0 heterocycles. The average molecular weight is 407 g/mol. The zero-order chi connectivity index (χ0) is 20.7. The summed E-state index contributed by atoms with van der Waals surface area (Å²) in [6, 6.07) is 12.5. The van der Waals surface area contributed by atoms with Crippen LogP contribution in [0.1, 0.15) is 5.56 Å². The van der Waals surface area contributed by atoms with E-state index in [1.165, 1.54) is 18.2 Å². The highest BCUT2D eigenvalue weighted by atomic mass is 32.2. The number of carbonyl (C=O) groups is 1. The summed E-state index contributed by atoms with van der Waals surface area (Å²) in [6.45, 7) is 1.85. The van der Waals surface area contributed by atoms with Crippen LogP contribution in [0.3, 0.4) is 0 Å². The van der Waals surface area contributed by atoms with Gasteiger partial charge in [0.05, 0.1) is 23.4 Å². The molecule has 1 N–H and O–H groups in total. The van der Waals surface area contributed by atoms with Crippen LogP contribution in [0.4, 0.5) is 11.4 Å². The van der Waals surface area contributed by atoms with Gasteiger partial charge in [-0.15, -0.1) is 0 Å². The Labute approximate surface area is 163 Å². The van der Waals surface area contributed by atoms with E-state index in [2.05, 4.69) is 5.32 Å². The normalized spacial score (nSPS) is 10.9. The number of carbonyl (C=O) groups excluding carboxylic acids is 1. The minimum absolute atomic E-state index is 0.0442. The molecule has 0 aliphatic heterocycles. The number of nitro groups is 1. The maximum atomic E-state index is 12.1. The van der Waals surface area contributed by atoms with Gasteiger partial charge in [-0.3, -0.25) is 19.2 Å². The van der Waals surface area contributed by atoms with Gasteiger partial charge >= 0.3 is 0 Å². The number of amides is 1. The zero-order valence-corrected chi connectivity index (χ0v) is 16.3. The molecule has 150 valence electrons. The van der Waals surface area contributed by atoms with Crippen molar-refractivity contribution in [2.75, 3.05) is 30.3 Å². The molecular formula is C18H21N3O6S. The van der Waals surface area contributed by atoms with Crippen LogP contribution in [0.5, 0.6) is 5.75 Å². The largest absolute Gasteiger partial charge is 0.492 e. The first-order valence-corrected chi connectivity index (χ1v) is 10.2. The van der Waals surface area contributed by atoms with Crippen molar-refractivity contribution >= 4 is 27.3 Å². The van der Waals surface area contributed by atoms with Crippen LogP contribution in [0.15, 0.2) is 48.5 Å². The van der Waals surface area contributed by atoms with Crippen LogP contribution < -0.4 is 14.4 Å². The summed E-state index contributed by atoms with van der Waals surface area (Å²) in [4.78, 5) is 22.4. The third-order valence-electron chi connectivity index (χ3n) is 3.73. The van der Waals surface area contributed by atoms with Gasteiger partial charge in [-0.25, -0.2) is 8.42 Å². The fourth-order valence-electron chi connectivity index (χ4n) is 2.34. The summed E-state index contributed by atoms with van der Waals surface area (Å²) in [5.41, 5.74) is 0.878. The van der Waals surface area contributed by atoms with Crippen molar-refractivity contribution in [1.82, 2.24) is 5.32 Å². The number of nitrogens with one attached hydrogen (secondary N) is 1. The fourth-order valence-corrected chi connectivity index (χ4v) is 3.19. The number of non-ortho nitro benzene ring substituents is 1. The Hall–Kier alpha value is -3.14. The maximum absolute atomic E-state index is 12.1. The average Bonchev–Trinajstić information content (AvgIpc) is 2.64. The van der Waals surface area contributed by atoms with Gasteiger partial charge in [0.2, 0.25) is 15.9 Å². The molecule has 0 saturated carbocycles. The lowest BCUT2D eigenvalue weighted by Gasteiger charge is -2.21. The topological polar surface area (TPSA) is 119 Å². The van der Waals surface area contributed by atoms with Gasteiger partial charge in [0.25, 0.3) is 5.69 Å². The summed E-state index contributed by atoms with van der Waals surface area (Å²) in [5, 5.41) is 13.5. The van der Waals surface area contributed by atoms with E-state index < -0.39 is 27.4 Å². The van der Waals surface area contributed by atoms with E-state index in [0.717, 1.165) is 22.2 Å². The second kappa shape index (κ2) is 9.18. The zero-order valence-electron chi connectivity index (χ0n) is 15.5. The number of ether oxygens (including phenoxy) is 1. The molecule has 0 atom stereocenters. The summed E-state index contributed by atoms with van der Waals surface area (Å²) < 4.78 is 30.4. The van der Waals surface area contributed by atoms with Gasteiger partial charge in [-0.05, 0) is 25.1 Å². The maximum Gasteiger partial charge on any atom is 0.271 e. The van der Waals surface area contributed by atoms with Gasteiger partial charge < -0.3 is 10.1 Å². The van der Waals surface area contributed by atoms with Gasteiger partial charge in [0, 0.05) is 12.1 Å². The van der Waals surface area contributed by atoms with Crippen LogP contribution >= 0.6 is 0 Å². The number of sulfonamides is 1. The number of hydrogen-bond donors (Lipinski definition) is 1. The SMILES string of the molecule is Cc1ccc(OCCNC(=O)CN(c2cccc([N+](=O)[O-])c2)S(C)(=O)=O)cc1. The van der Waals surface area contributed by atoms with Gasteiger partial charge in [-0.1, -0.05) is 23.8 Å². The number of benzene rings is 2. The van der Waals surface area contributed by atoms with Crippen LogP contribution in [0.2, 0.25) is 0 Å². The lowest BCUT2D eigenvalue weighted by Crippen LogP contribution is -2.41. The Morgan fingerprint density at radius 1 is 1.21 bits per heavy atom. The Morgan fingerprint density at radius 3 is 2.50 bits per heavy atom. The van der Waals surface area contributed by atoms with E-state index in [1.54, 1.807) is 0 Å². The minimum Gasteiger partial charge on any atom is -0.492 e. The van der Waals surface area contributed by atoms with Crippen LogP contribution in [0.25, 0.3) is 0 Å². The third kappa shape index (κ3) is 6.23. The lowest BCUT2D eigenvalue weighted by atomic mass is 10.2. The second-order valence-corrected chi connectivity index (χ2v) is 7.96. The highest BCUT2D eigenvalue weighted by Gasteiger charge is 2.22. The Morgan fingerprint density at radius 2 is 1.89 bits per heavy atom. The third-order valence-corrected chi connectivity index (χ3v) is 4.87. The molecule has 0 bridgehead atoms. The smallest absolute Gasteiger partial charge is 0.271 e. The standard InChI is InChI=1S/C18H21N3O6S/c1-14-6-8-17(9-7-14)27-11-10-19-18(22)13-20(28(2,25)26)15-4-3-5-16(12-15)21(23)24/h3-9,12H,10-11,13H2,1-2H3,(H,19,22). The molecule has 0 saturated heterocycles. The molecule has 1 amide bonds. The molecule has 2 rings (SSSR count). The number of rotatable bonds is 9. The van der Waals surface area contributed by atoms with Crippen LogP contribution in [0, 0.1) is 17.0 Å². The highest BCUT2D eigenvalue weighted by molar-refractivity contribution is 7.92. The monoisotopic (exact) mass is 407 g/mol. The van der Waals surface area contributed by atoms with E-state index in [1.807, 2.05) is 31.2 Å². The van der Waals surface area contributed by atoms with E-state index in [0.29, 0.717) is 5.75 Å². The molecule has 28 heavy (non-hydrogen) atoms. The predicted octanol–water partition coefficient (Wildman–Crippen LogP) is 1.86. The second-order valence-electron chi connectivity index (χ2n) is 6.06. The number of aryl methyl sites for hydroxylation is 1. The lowest BCUT2D eigenvalue weighted by molar-refractivity contribution is -0.384. The van der Waals surface area contributed by atoms with E-state index in [9.17, 15) is 23.3 Å². The van der Waals surface area contributed by atoms with Gasteiger partial charge in [0.15, 0.2) is 0 Å². The van der Waals surface area contributed by atoms with Crippen molar-refractivity contribution < 1.29 is 22.9 Å². The molecule has 0 aromatic heterocycles. The molecule has 0 unspecified atom stereocenters. The van der Waals surface area contributed by atoms with Crippen molar-refractivity contribution in [1.29, 1.82) is 0 Å². The minimum atomic E-state index is -3.81. The number of nitro benzene ring substituents is 1. The van der Waals surface area contributed by atoms with Crippen molar-refractivity contribution in [3.63, 3.8) is 0 Å². The first kappa shape index (κ1) is 21.2. The number of nitrogens with zero attached hydrogens (tertiary/aromatic N) is 2. The molecule has 0 aliphatic rings. The van der Waals surface area contributed by atoms with Gasteiger partial charge in [-0.2, -0.15) is 0 Å². The molecule has 0 spiro atoms. The first-order valence-electron chi connectivity index (χ1n) is 8.35. The summed E-state index contributed by atoms with van der Waals surface area (Å²) >= 11 is 0. The van der Waals surface area contributed by atoms with Crippen molar-refractivity contribution in [2.24, 2.45) is 0 Å². The van der Waals surface area contributed by atoms with E-state index in [4.69, 9.17) is 4.74 Å². The molecule has 0 aliphatic carbocycles. The summed E-state index contributed by atoms with van der Waals surface area (Å²) in [5.74, 6) is 0.110. The van der Waals surface area contributed by atoms with Crippen molar-refractivity contribution in [3.8, 4) is 5.75 Å². The summed E-state index contributed by atoms with van der Waals surface area (Å²) in [6.07, 6.45) is 0.930.